The minimum Gasteiger partial charge on any atom is -0.495 e. The van der Waals surface area contributed by atoms with E-state index in [0.717, 1.165) is 40.9 Å². The molecule has 0 saturated heterocycles. The van der Waals surface area contributed by atoms with Crippen molar-refractivity contribution in [1.82, 2.24) is 24.9 Å². The van der Waals surface area contributed by atoms with E-state index >= 15 is 0 Å². The van der Waals surface area contributed by atoms with E-state index in [1.54, 1.807) is 19.1 Å². The van der Waals surface area contributed by atoms with Crippen LogP contribution in [0.1, 0.15) is 82.4 Å². The lowest BCUT2D eigenvalue weighted by atomic mass is 9.93. The summed E-state index contributed by atoms with van der Waals surface area (Å²) in [6.07, 6.45) is 9.16. The van der Waals surface area contributed by atoms with Crippen LogP contribution < -0.4 is 14.8 Å². The molecule has 0 unspecified atom stereocenters. The predicted molar refractivity (Wildman–Crippen MR) is 202 cm³/mol. The standard InChI is InChI=1S/C38H46ClN5O6S2/c1-21(2)30-20-51-35(41-30)29-18-23(26-12-13-31(50-4)32(39)33(26)40-29)15-22-16-27-28(17-22)36(46)44(3)14-8-6-5-7-9-24-19-38(24,42-34(27)45)37(47)43-52(48,49)25-10-11-25/h7,9,12-13,18,20-22,24-25,27-28H,5-6,8,10-11,14-17,19H2,1-4H3,(H,42,45)(H,43,47)/b9-7-/t22-,24-,27-,28-,38-/m1/s1. The van der Waals surface area contributed by atoms with Crippen molar-refractivity contribution in [2.75, 3.05) is 20.7 Å². The Bertz CT molecular complexity index is 2050. The summed E-state index contributed by atoms with van der Waals surface area (Å²) in [5.74, 6) is -2.07. The molecule has 0 bridgehead atoms. The van der Waals surface area contributed by atoms with E-state index in [4.69, 9.17) is 26.3 Å². The Labute approximate surface area is 314 Å². The van der Waals surface area contributed by atoms with Crippen LogP contribution in [0.15, 0.2) is 35.7 Å². The summed E-state index contributed by atoms with van der Waals surface area (Å²) in [5.41, 5.74) is 1.89. The number of nitrogens with one attached hydrogen (secondary N) is 2. The normalized spacial score (nSPS) is 27.5. The molecule has 3 aliphatic carbocycles. The largest absolute Gasteiger partial charge is 0.495 e. The van der Waals surface area contributed by atoms with Crippen LogP contribution in [0.2, 0.25) is 5.02 Å². The highest BCUT2D eigenvalue weighted by Gasteiger charge is 2.62. The van der Waals surface area contributed by atoms with Crippen molar-refractivity contribution in [3.05, 3.63) is 52.0 Å². The fourth-order valence-corrected chi connectivity index (χ4v) is 10.4. The average Bonchev–Trinajstić information content (AvgIpc) is 3.98. The van der Waals surface area contributed by atoms with Crippen molar-refractivity contribution < 1.29 is 27.5 Å². The van der Waals surface area contributed by atoms with Crippen LogP contribution in [-0.4, -0.2) is 72.5 Å². The molecule has 0 spiro atoms. The molecule has 1 aromatic carbocycles. The number of halogens is 1. The lowest BCUT2D eigenvalue weighted by Gasteiger charge is -2.27. The fourth-order valence-electron chi connectivity index (χ4n) is 7.84. The predicted octanol–water partition coefficient (Wildman–Crippen LogP) is 6.01. The number of ether oxygens (including phenoxy) is 1. The second-order valence-corrected chi connectivity index (χ2v) is 18.5. The second kappa shape index (κ2) is 14.4. The van der Waals surface area contributed by atoms with Gasteiger partial charge in [0.25, 0.3) is 5.91 Å². The molecule has 4 aliphatic rings. The van der Waals surface area contributed by atoms with E-state index in [1.165, 1.54) is 11.3 Å². The number of fused-ring (bicyclic) bond motifs is 3. The number of aromatic nitrogens is 2. The van der Waals surface area contributed by atoms with Crippen LogP contribution in [0.3, 0.4) is 0 Å². The molecule has 52 heavy (non-hydrogen) atoms. The third-order valence-corrected chi connectivity index (χ3v) is 14.2. The number of hydrogen-bond acceptors (Lipinski definition) is 9. The van der Waals surface area contributed by atoms with Crippen molar-refractivity contribution >= 4 is 61.6 Å². The van der Waals surface area contributed by atoms with Crippen molar-refractivity contribution in [1.29, 1.82) is 0 Å². The van der Waals surface area contributed by atoms with Gasteiger partial charge in [0, 0.05) is 42.1 Å². The Morgan fingerprint density at radius 1 is 1.17 bits per heavy atom. The number of hydrogen-bond donors (Lipinski definition) is 2. The number of rotatable bonds is 8. The van der Waals surface area contributed by atoms with Crippen LogP contribution in [0.5, 0.6) is 5.75 Å². The first-order valence-corrected chi connectivity index (χ1v) is 21.0. The van der Waals surface area contributed by atoms with Gasteiger partial charge in [-0.05, 0) is 93.4 Å². The van der Waals surface area contributed by atoms with Crippen LogP contribution in [0.25, 0.3) is 21.6 Å². The van der Waals surface area contributed by atoms with E-state index in [-0.39, 0.29) is 23.7 Å². The highest BCUT2D eigenvalue weighted by atomic mass is 35.5. The zero-order valence-electron chi connectivity index (χ0n) is 30.0. The Morgan fingerprint density at radius 2 is 1.94 bits per heavy atom. The molecule has 3 saturated carbocycles. The highest BCUT2D eigenvalue weighted by Crippen LogP contribution is 2.48. The molecule has 14 heteroatoms. The van der Waals surface area contributed by atoms with Crippen molar-refractivity contribution in [3.63, 3.8) is 0 Å². The second-order valence-electron chi connectivity index (χ2n) is 15.3. The Morgan fingerprint density at radius 3 is 2.65 bits per heavy atom. The Balaban J connectivity index is 1.21. The number of nitrogens with zero attached hydrogens (tertiary/aromatic N) is 3. The molecular formula is C38H46ClN5O6S2. The molecule has 3 aromatic rings. The van der Waals surface area contributed by atoms with E-state index in [9.17, 15) is 22.8 Å². The van der Waals surface area contributed by atoms with Gasteiger partial charge in [-0.3, -0.25) is 19.1 Å². The van der Waals surface area contributed by atoms with Crippen molar-refractivity contribution in [2.24, 2.45) is 23.7 Å². The average molecular weight is 768 g/mol. The van der Waals surface area contributed by atoms with E-state index in [1.807, 2.05) is 35.7 Å². The number of methoxy groups -OCH3 is 1. The van der Waals surface area contributed by atoms with Gasteiger partial charge in [0.2, 0.25) is 21.8 Å². The number of amides is 3. The van der Waals surface area contributed by atoms with Crippen LogP contribution in [0, 0.1) is 23.7 Å². The first-order chi connectivity index (χ1) is 24.8. The molecular weight excluding hydrogens is 722 g/mol. The van der Waals surface area contributed by atoms with Crippen LogP contribution in [-0.2, 0) is 30.8 Å². The SMILES string of the molecule is COc1ccc2c(C[C@@H]3C[C@H]4C(=O)N[C@]5(C(=O)NS(=O)(=O)C6CC6)C[C@H]5/C=C\CCCCN(C)C(=O)[C@@H]4C3)cc(-c3nc(C(C)C)cs3)nc2c1Cl. The Hall–Kier alpha value is -3.55. The number of pyridine rings is 1. The van der Waals surface area contributed by atoms with Crippen molar-refractivity contribution in [3.8, 4) is 16.5 Å². The van der Waals surface area contributed by atoms with Gasteiger partial charge in [-0.1, -0.05) is 37.6 Å². The molecule has 11 nitrogen and oxygen atoms in total. The molecule has 2 aromatic heterocycles. The van der Waals surface area contributed by atoms with Crippen molar-refractivity contribution in [2.45, 2.75) is 88.3 Å². The maximum absolute atomic E-state index is 14.3. The molecule has 1 aliphatic heterocycles. The first-order valence-electron chi connectivity index (χ1n) is 18.2. The summed E-state index contributed by atoms with van der Waals surface area (Å²) in [5, 5.41) is 6.52. The topological polar surface area (TPSA) is 148 Å². The minimum atomic E-state index is -3.82. The lowest BCUT2D eigenvalue weighted by molar-refractivity contribution is -0.140. The smallest absolute Gasteiger partial charge is 0.259 e. The molecule has 7 rings (SSSR count). The summed E-state index contributed by atoms with van der Waals surface area (Å²) in [7, 11) is -0.461. The highest BCUT2D eigenvalue weighted by molar-refractivity contribution is 7.91. The number of carbonyl (C=O) groups is 3. The summed E-state index contributed by atoms with van der Waals surface area (Å²) in [4.78, 5) is 53.6. The van der Waals surface area contributed by atoms with Gasteiger partial charge in [0.05, 0.1) is 29.3 Å². The zero-order valence-corrected chi connectivity index (χ0v) is 32.4. The van der Waals surface area contributed by atoms with E-state index < -0.39 is 44.5 Å². The number of allylic oxidation sites excluding steroid dienone is 1. The summed E-state index contributed by atoms with van der Waals surface area (Å²) in [6, 6.07) is 5.81. The zero-order chi connectivity index (χ0) is 36.9. The quantitative estimate of drug-likeness (QED) is 0.265. The number of benzene rings is 1. The lowest BCUT2D eigenvalue weighted by Crippen LogP contribution is -2.54. The molecule has 0 radical (unpaired) electrons. The maximum Gasteiger partial charge on any atom is 0.259 e. The van der Waals surface area contributed by atoms with E-state index in [0.29, 0.717) is 67.1 Å². The maximum atomic E-state index is 14.3. The van der Waals surface area contributed by atoms with Crippen LogP contribution >= 0.6 is 22.9 Å². The van der Waals surface area contributed by atoms with Crippen LogP contribution in [0.4, 0.5) is 0 Å². The molecule has 2 N–H and O–H groups in total. The third kappa shape index (κ3) is 7.20. The van der Waals surface area contributed by atoms with Gasteiger partial charge >= 0.3 is 0 Å². The molecule has 3 amide bonds. The number of thiazole rings is 1. The minimum absolute atomic E-state index is 0.0504. The summed E-state index contributed by atoms with van der Waals surface area (Å²) < 4.78 is 33.4. The van der Waals surface area contributed by atoms with Gasteiger partial charge in [-0.2, -0.15) is 0 Å². The third-order valence-electron chi connectivity index (χ3n) is 11.2. The Kier molecular flexibility index (Phi) is 10.2. The summed E-state index contributed by atoms with van der Waals surface area (Å²) >= 11 is 8.38. The molecule has 3 fully saturated rings. The summed E-state index contributed by atoms with van der Waals surface area (Å²) in [6.45, 7) is 4.78. The number of sulfonamides is 1. The van der Waals surface area contributed by atoms with Gasteiger partial charge in [0.15, 0.2) is 0 Å². The van der Waals surface area contributed by atoms with Gasteiger partial charge in [0.1, 0.15) is 21.3 Å². The fraction of sp³-hybridized carbons (Fsp3) is 0.553. The van der Waals surface area contributed by atoms with E-state index in [2.05, 4.69) is 23.9 Å². The first kappa shape index (κ1) is 36.8. The molecule has 5 atom stereocenters. The number of carbonyl (C=O) groups excluding carboxylic acids is 3. The monoisotopic (exact) mass is 767 g/mol. The molecule has 278 valence electrons. The van der Waals surface area contributed by atoms with Gasteiger partial charge < -0.3 is 15.0 Å². The molecule has 3 heterocycles. The van der Waals surface area contributed by atoms with Gasteiger partial charge in [-0.25, -0.2) is 18.4 Å². The van der Waals surface area contributed by atoms with Gasteiger partial charge in [-0.15, -0.1) is 11.3 Å².